The second-order valence-corrected chi connectivity index (χ2v) is 2.75. The van der Waals surface area contributed by atoms with E-state index in [4.69, 9.17) is 5.73 Å². The number of amides is 2. The van der Waals surface area contributed by atoms with Gasteiger partial charge in [-0.1, -0.05) is 0 Å². The van der Waals surface area contributed by atoms with Crippen LogP contribution in [-0.2, 0) is 14.4 Å². The number of thiol groups is 1. The number of hydrogen-bond donors (Lipinski definition) is 3. The van der Waals surface area contributed by atoms with Crippen molar-refractivity contribution in [1.29, 1.82) is 0 Å². The van der Waals surface area contributed by atoms with Gasteiger partial charge in [-0.15, -0.1) is 12.6 Å². The largest absolute Gasteiger partial charge is 0.321 e. The molecule has 0 saturated heterocycles. The average Bonchev–Trinajstić information content (AvgIpc) is 2.35. The zero-order valence-electron chi connectivity index (χ0n) is 6.98. The lowest BCUT2D eigenvalue weighted by molar-refractivity contribution is -0.123. The molecule has 72 valence electrons. The Morgan fingerprint density at radius 3 is 1.85 bits per heavy atom. The molecule has 0 aromatic heterocycles. The summed E-state index contributed by atoms with van der Waals surface area (Å²) in [6.07, 6.45) is 2.39. The molecule has 1 aliphatic heterocycles. The molecule has 5 nitrogen and oxygen atoms in total. The van der Waals surface area contributed by atoms with Crippen molar-refractivity contribution < 1.29 is 14.4 Å². The summed E-state index contributed by atoms with van der Waals surface area (Å²) in [5, 5.41) is 1.76. The predicted octanol–water partition coefficient (Wildman–Crippen LogP) is -1.01. The van der Waals surface area contributed by atoms with Gasteiger partial charge in [-0.25, -0.2) is 0 Å². The van der Waals surface area contributed by atoms with Gasteiger partial charge in [0.1, 0.15) is 0 Å². The Balaban J connectivity index is 0.000000226. The maximum Gasteiger partial charge on any atom is 0.250 e. The monoisotopic (exact) mass is 202 g/mol. The number of carbonyl (C=O) groups excluding carboxylic acids is 3. The summed E-state index contributed by atoms with van der Waals surface area (Å²) in [6.45, 7) is 1.59. The van der Waals surface area contributed by atoms with E-state index in [1.807, 2.05) is 5.32 Å². The molecule has 0 fully saturated rings. The molecule has 0 bridgehead atoms. The van der Waals surface area contributed by atoms with Crippen LogP contribution in [0.2, 0.25) is 0 Å². The van der Waals surface area contributed by atoms with Crippen LogP contribution in [0.1, 0.15) is 6.92 Å². The van der Waals surface area contributed by atoms with Crippen molar-refractivity contribution in [2.45, 2.75) is 13.0 Å². The Hall–Kier alpha value is -1.14. The number of imide groups is 1. The minimum Gasteiger partial charge on any atom is -0.321 e. The summed E-state index contributed by atoms with van der Waals surface area (Å²) in [7, 11) is 0. The van der Waals surface area contributed by atoms with E-state index >= 15 is 0 Å². The average molecular weight is 202 g/mol. The van der Waals surface area contributed by atoms with E-state index in [2.05, 4.69) is 12.6 Å². The van der Waals surface area contributed by atoms with Gasteiger partial charge in [0.15, 0.2) is 0 Å². The Kier molecular flexibility index (Phi) is 5.01. The molecule has 0 aromatic rings. The number of carbonyl (C=O) groups is 3. The van der Waals surface area contributed by atoms with E-state index in [-0.39, 0.29) is 16.9 Å². The van der Waals surface area contributed by atoms with Crippen LogP contribution in [0.4, 0.5) is 0 Å². The Bertz CT molecular complexity index is 244. The summed E-state index contributed by atoms with van der Waals surface area (Å²) >= 11 is 3.43. The molecule has 0 radical (unpaired) electrons. The lowest BCUT2D eigenvalue weighted by Crippen LogP contribution is -2.21. The van der Waals surface area contributed by atoms with Crippen LogP contribution in [0, 0.1) is 0 Å². The van der Waals surface area contributed by atoms with Crippen molar-refractivity contribution >= 4 is 29.6 Å². The van der Waals surface area contributed by atoms with Crippen molar-refractivity contribution in [3.05, 3.63) is 12.2 Å². The molecular weight excluding hydrogens is 192 g/mol. The topological polar surface area (TPSA) is 89.3 Å². The van der Waals surface area contributed by atoms with Crippen molar-refractivity contribution in [2.75, 3.05) is 0 Å². The van der Waals surface area contributed by atoms with Crippen molar-refractivity contribution in [2.24, 2.45) is 5.73 Å². The van der Waals surface area contributed by atoms with E-state index in [0.717, 1.165) is 0 Å². The highest BCUT2D eigenvalue weighted by Crippen LogP contribution is 1.82. The van der Waals surface area contributed by atoms with Crippen molar-refractivity contribution in [3.63, 3.8) is 0 Å². The van der Waals surface area contributed by atoms with E-state index in [1.54, 1.807) is 6.92 Å². The highest BCUT2D eigenvalue weighted by Gasteiger charge is 2.06. The SMILES string of the molecule is CC(N)C(=O)S.O=C1C=CC(=O)N1. The fraction of sp³-hybridized carbons (Fsp3) is 0.286. The number of rotatable bonds is 1. The summed E-state index contributed by atoms with van der Waals surface area (Å²) in [5.74, 6) is -0.657. The van der Waals surface area contributed by atoms with Gasteiger partial charge in [-0.3, -0.25) is 19.7 Å². The van der Waals surface area contributed by atoms with E-state index in [9.17, 15) is 14.4 Å². The van der Waals surface area contributed by atoms with Gasteiger partial charge in [-0.2, -0.15) is 0 Å². The molecular formula is C7H10N2O3S. The van der Waals surface area contributed by atoms with Crippen molar-refractivity contribution in [3.8, 4) is 0 Å². The van der Waals surface area contributed by atoms with Crippen LogP contribution in [-0.4, -0.2) is 23.0 Å². The maximum absolute atomic E-state index is 10.0. The number of hydrogen-bond acceptors (Lipinski definition) is 4. The first-order chi connectivity index (χ1) is 5.93. The molecule has 3 N–H and O–H groups in total. The lowest BCUT2D eigenvalue weighted by Gasteiger charge is -1.90. The molecule has 1 rings (SSSR count). The van der Waals surface area contributed by atoms with Gasteiger partial charge in [-0.05, 0) is 6.92 Å². The second kappa shape index (κ2) is 5.50. The third-order valence-corrected chi connectivity index (χ3v) is 1.43. The van der Waals surface area contributed by atoms with Gasteiger partial charge in [0, 0.05) is 12.2 Å². The zero-order valence-corrected chi connectivity index (χ0v) is 7.88. The van der Waals surface area contributed by atoms with E-state index in [0.29, 0.717) is 0 Å². The Labute approximate surface area is 80.8 Å². The first-order valence-electron chi connectivity index (χ1n) is 3.45. The first-order valence-corrected chi connectivity index (χ1v) is 3.89. The lowest BCUT2D eigenvalue weighted by atomic mass is 10.4. The Morgan fingerprint density at radius 2 is 1.77 bits per heavy atom. The summed E-state index contributed by atoms with van der Waals surface area (Å²) in [6, 6.07) is -0.423. The molecule has 0 aromatic carbocycles. The minimum atomic E-state index is -0.423. The fourth-order valence-corrected chi connectivity index (χ4v) is 0.356. The smallest absolute Gasteiger partial charge is 0.250 e. The summed E-state index contributed by atoms with van der Waals surface area (Å²) in [4.78, 5) is 30.0. The maximum atomic E-state index is 10.0. The third-order valence-electron chi connectivity index (χ3n) is 1.02. The second-order valence-electron chi connectivity index (χ2n) is 2.31. The fourth-order valence-electron chi connectivity index (χ4n) is 0.356. The van der Waals surface area contributed by atoms with Gasteiger partial charge >= 0.3 is 0 Å². The van der Waals surface area contributed by atoms with Gasteiger partial charge in [0.25, 0.3) is 11.8 Å². The molecule has 1 atom stereocenters. The minimum absolute atomic E-state index is 0.269. The normalized spacial score (nSPS) is 15.9. The quantitative estimate of drug-likeness (QED) is 0.375. The number of nitrogens with two attached hydrogens (primary N) is 1. The van der Waals surface area contributed by atoms with Crippen molar-refractivity contribution in [1.82, 2.24) is 5.32 Å². The summed E-state index contributed by atoms with van der Waals surface area (Å²) in [5.41, 5.74) is 5.01. The zero-order chi connectivity index (χ0) is 10.4. The molecule has 13 heavy (non-hydrogen) atoms. The third kappa shape index (κ3) is 6.06. The van der Waals surface area contributed by atoms with Gasteiger partial charge in [0.2, 0.25) is 5.12 Å². The Morgan fingerprint density at radius 1 is 1.46 bits per heavy atom. The molecule has 1 unspecified atom stereocenters. The molecule has 0 spiro atoms. The molecule has 0 saturated carbocycles. The van der Waals surface area contributed by atoms with Crippen LogP contribution in [0.15, 0.2) is 12.2 Å². The van der Waals surface area contributed by atoms with Gasteiger partial charge < -0.3 is 5.73 Å². The molecule has 6 heteroatoms. The standard InChI is InChI=1S/C4H3NO2.C3H7NOS/c6-3-1-2-4(7)5-3;1-2(4)3(5)6/h1-2H,(H,5,6,7);2H,4H2,1H3,(H,5,6). The predicted molar refractivity (Wildman–Crippen MR) is 49.9 cm³/mol. The van der Waals surface area contributed by atoms with Crippen LogP contribution >= 0.6 is 12.6 Å². The van der Waals surface area contributed by atoms with E-state index in [1.165, 1.54) is 12.2 Å². The summed E-state index contributed by atoms with van der Waals surface area (Å²) < 4.78 is 0. The molecule has 1 aliphatic rings. The molecule has 1 heterocycles. The van der Waals surface area contributed by atoms with Crippen LogP contribution in [0.3, 0.4) is 0 Å². The highest BCUT2D eigenvalue weighted by molar-refractivity contribution is 7.96. The molecule has 0 aliphatic carbocycles. The van der Waals surface area contributed by atoms with Crippen LogP contribution in [0.5, 0.6) is 0 Å². The molecule has 2 amide bonds. The number of nitrogens with one attached hydrogen (secondary N) is 1. The first kappa shape index (κ1) is 11.9. The van der Waals surface area contributed by atoms with E-state index < -0.39 is 6.04 Å². The van der Waals surface area contributed by atoms with Crippen LogP contribution in [0.25, 0.3) is 0 Å². The van der Waals surface area contributed by atoms with Crippen LogP contribution < -0.4 is 11.1 Å². The highest BCUT2D eigenvalue weighted by atomic mass is 32.1. The van der Waals surface area contributed by atoms with Gasteiger partial charge in [0.05, 0.1) is 6.04 Å².